The summed E-state index contributed by atoms with van der Waals surface area (Å²) in [6.45, 7) is 7.62. The maximum Gasteiger partial charge on any atom is 0.258 e. The highest BCUT2D eigenvalue weighted by Crippen LogP contribution is 2.21. The van der Waals surface area contributed by atoms with Gasteiger partial charge in [-0.1, -0.05) is 36.4 Å². The van der Waals surface area contributed by atoms with Crippen LogP contribution in [0.25, 0.3) is 0 Å². The fourth-order valence-electron chi connectivity index (χ4n) is 1.41. The van der Waals surface area contributed by atoms with E-state index in [1.807, 2.05) is 32.0 Å². The molecule has 92 valence electrons. The summed E-state index contributed by atoms with van der Waals surface area (Å²) < 4.78 is 5.48. The Bertz CT molecular complexity index is 409. The highest BCUT2D eigenvalue weighted by atomic mass is 35.5. The maximum atomic E-state index is 11.4. The molecule has 4 heteroatoms. The standard InChI is InChI=1S/C13H16ClNO2/c1-9-5-4-6-10(2)13(9)17-8-12(16)15-7-11(3)14/h4-6H,3,7-8H2,1-2H3,(H,15,16). The molecule has 1 aromatic carbocycles. The van der Waals surface area contributed by atoms with Crippen LogP contribution in [-0.2, 0) is 4.79 Å². The number of nitrogens with one attached hydrogen (secondary N) is 1. The third-order valence-corrected chi connectivity index (χ3v) is 2.37. The van der Waals surface area contributed by atoms with E-state index in [-0.39, 0.29) is 19.1 Å². The van der Waals surface area contributed by atoms with Gasteiger partial charge in [0.25, 0.3) is 5.91 Å². The molecule has 0 fully saturated rings. The number of benzene rings is 1. The molecule has 0 bridgehead atoms. The number of carbonyl (C=O) groups excluding carboxylic acids is 1. The Labute approximate surface area is 106 Å². The summed E-state index contributed by atoms with van der Waals surface area (Å²) in [6.07, 6.45) is 0. The minimum Gasteiger partial charge on any atom is -0.483 e. The van der Waals surface area contributed by atoms with Gasteiger partial charge in [0.15, 0.2) is 6.61 Å². The van der Waals surface area contributed by atoms with E-state index in [1.54, 1.807) is 0 Å². The number of aryl methyl sites for hydroxylation is 2. The molecule has 0 aliphatic heterocycles. The number of ether oxygens (including phenoxy) is 1. The molecule has 0 radical (unpaired) electrons. The van der Waals surface area contributed by atoms with Crippen molar-refractivity contribution in [1.29, 1.82) is 0 Å². The molecule has 0 unspecified atom stereocenters. The van der Waals surface area contributed by atoms with Gasteiger partial charge in [0.2, 0.25) is 0 Å². The average molecular weight is 254 g/mol. The van der Waals surface area contributed by atoms with Crippen LogP contribution in [0.2, 0.25) is 0 Å². The molecule has 0 saturated carbocycles. The first-order valence-corrected chi connectivity index (χ1v) is 5.67. The van der Waals surface area contributed by atoms with Gasteiger partial charge in [0, 0.05) is 5.03 Å². The normalized spacial score (nSPS) is 9.82. The fourth-order valence-corrected chi connectivity index (χ4v) is 1.48. The predicted octanol–water partition coefficient (Wildman–Crippen LogP) is 2.55. The van der Waals surface area contributed by atoms with Crippen LogP contribution in [0.15, 0.2) is 29.8 Å². The Morgan fingerprint density at radius 3 is 2.53 bits per heavy atom. The van der Waals surface area contributed by atoms with E-state index in [4.69, 9.17) is 16.3 Å². The van der Waals surface area contributed by atoms with E-state index in [9.17, 15) is 4.79 Å². The van der Waals surface area contributed by atoms with Crippen LogP contribution < -0.4 is 10.1 Å². The van der Waals surface area contributed by atoms with E-state index in [1.165, 1.54) is 0 Å². The number of rotatable bonds is 5. The van der Waals surface area contributed by atoms with Crippen LogP contribution in [-0.4, -0.2) is 19.1 Å². The van der Waals surface area contributed by atoms with Crippen molar-refractivity contribution in [1.82, 2.24) is 5.32 Å². The van der Waals surface area contributed by atoms with Crippen molar-refractivity contribution in [3.05, 3.63) is 40.9 Å². The van der Waals surface area contributed by atoms with Gasteiger partial charge < -0.3 is 10.1 Å². The van der Waals surface area contributed by atoms with Gasteiger partial charge in [0.05, 0.1) is 6.54 Å². The maximum absolute atomic E-state index is 11.4. The predicted molar refractivity (Wildman–Crippen MR) is 69.4 cm³/mol. The lowest BCUT2D eigenvalue weighted by molar-refractivity contribution is -0.122. The Hall–Kier alpha value is -1.48. The smallest absolute Gasteiger partial charge is 0.258 e. The second kappa shape index (κ2) is 6.30. The van der Waals surface area contributed by atoms with Gasteiger partial charge in [-0.15, -0.1) is 0 Å². The van der Waals surface area contributed by atoms with Gasteiger partial charge >= 0.3 is 0 Å². The molecule has 0 aliphatic carbocycles. The van der Waals surface area contributed by atoms with Crippen molar-refractivity contribution in [3.63, 3.8) is 0 Å². The van der Waals surface area contributed by atoms with Gasteiger partial charge in [0.1, 0.15) is 5.75 Å². The van der Waals surface area contributed by atoms with Crippen molar-refractivity contribution in [2.45, 2.75) is 13.8 Å². The largest absolute Gasteiger partial charge is 0.483 e. The van der Waals surface area contributed by atoms with Crippen molar-refractivity contribution in [3.8, 4) is 5.75 Å². The molecule has 0 saturated heterocycles. The van der Waals surface area contributed by atoms with Gasteiger partial charge in [-0.2, -0.15) is 0 Å². The van der Waals surface area contributed by atoms with Crippen LogP contribution in [0.5, 0.6) is 5.75 Å². The first-order valence-electron chi connectivity index (χ1n) is 5.29. The molecule has 0 atom stereocenters. The SMILES string of the molecule is C=C(Cl)CNC(=O)COc1c(C)cccc1C. The summed E-state index contributed by atoms with van der Waals surface area (Å²) in [6, 6.07) is 5.84. The molecule has 1 aromatic rings. The van der Waals surface area contributed by atoms with E-state index in [2.05, 4.69) is 11.9 Å². The van der Waals surface area contributed by atoms with Crippen LogP contribution in [0.4, 0.5) is 0 Å². The number of hydrogen-bond acceptors (Lipinski definition) is 2. The molecule has 1 N–H and O–H groups in total. The molecular formula is C13H16ClNO2. The van der Waals surface area contributed by atoms with Crippen molar-refractivity contribution in [2.75, 3.05) is 13.2 Å². The zero-order valence-corrected chi connectivity index (χ0v) is 10.8. The number of para-hydroxylation sites is 1. The highest BCUT2D eigenvalue weighted by molar-refractivity contribution is 6.29. The second-order valence-corrected chi connectivity index (χ2v) is 4.34. The van der Waals surface area contributed by atoms with Crippen LogP contribution in [0.1, 0.15) is 11.1 Å². The zero-order chi connectivity index (χ0) is 12.8. The van der Waals surface area contributed by atoms with E-state index >= 15 is 0 Å². The third-order valence-electron chi connectivity index (χ3n) is 2.23. The Kier molecular flexibility index (Phi) is 5.04. The minimum atomic E-state index is -0.213. The Balaban J connectivity index is 2.50. The lowest BCUT2D eigenvalue weighted by Gasteiger charge is -2.11. The van der Waals surface area contributed by atoms with Crippen molar-refractivity contribution >= 4 is 17.5 Å². The highest BCUT2D eigenvalue weighted by Gasteiger charge is 2.06. The Morgan fingerprint density at radius 2 is 2.00 bits per heavy atom. The first kappa shape index (κ1) is 13.6. The fraction of sp³-hybridized carbons (Fsp3) is 0.308. The minimum absolute atomic E-state index is 0.0180. The van der Waals surface area contributed by atoms with Crippen LogP contribution in [0, 0.1) is 13.8 Å². The monoisotopic (exact) mass is 253 g/mol. The number of halogens is 1. The molecule has 1 rings (SSSR count). The third kappa shape index (κ3) is 4.49. The summed E-state index contributed by atoms with van der Waals surface area (Å²) in [4.78, 5) is 11.4. The van der Waals surface area contributed by atoms with E-state index < -0.39 is 0 Å². The topological polar surface area (TPSA) is 38.3 Å². The van der Waals surface area contributed by atoms with Crippen LogP contribution >= 0.6 is 11.6 Å². The van der Waals surface area contributed by atoms with Crippen LogP contribution in [0.3, 0.4) is 0 Å². The lowest BCUT2D eigenvalue weighted by Crippen LogP contribution is -2.29. The van der Waals surface area contributed by atoms with Crippen molar-refractivity contribution in [2.24, 2.45) is 0 Å². The van der Waals surface area contributed by atoms with E-state index in [0.717, 1.165) is 16.9 Å². The lowest BCUT2D eigenvalue weighted by atomic mass is 10.1. The van der Waals surface area contributed by atoms with Gasteiger partial charge in [-0.3, -0.25) is 4.79 Å². The van der Waals surface area contributed by atoms with E-state index in [0.29, 0.717) is 5.03 Å². The van der Waals surface area contributed by atoms with Gasteiger partial charge in [-0.05, 0) is 25.0 Å². The summed E-state index contributed by atoms with van der Waals surface area (Å²) in [5.74, 6) is 0.543. The molecule has 0 heterocycles. The molecular weight excluding hydrogens is 238 g/mol. The van der Waals surface area contributed by atoms with Crippen molar-refractivity contribution < 1.29 is 9.53 Å². The quantitative estimate of drug-likeness (QED) is 0.876. The molecule has 1 amide bonds. The average Bonchev–Trinajstić information content (AvgIpc) is 2.25. The first-order chi connectivity index (χ1) is 8.00. The Morgan fingerprint density at radius 1 is 1.41 bits per heavy atom. The number of hydrogen-bond donors (Lipinski definition) is 1. The molecule has 3 nitrogen and oxygen atoms in total. The summed E-state index contributed by atoms with van der Waals surface area (Å²) in [7, 11) is 0. The zero-order valence-electron chi connectivity index (χ0n) is 10.0. The molecule has 0 aliphatic rings. The number of amides is 1. The summed E-state index contributed by atoms with van der Waals surface area (Å²) in [5.41, 5.74) is 2.03. The number of carbonyl (C=O) groups is 1. The summed E-state index contributed by atoms with van der Waals surface area (Å²) in [5, 5.41) is 2.99. The molecule has 0 spiro atoms. The van der Waals surface area contributed by atoms with Gasteiger partial charge in [-0.25, -0.2) is 0 Å². The molecule has 17 heavy (non-hydrogen) atoms. The molecule has 0 aromatic heterocycles. The second-order valence-electron chi connectivity index (χ2n) is 3.80. The summed E-state index contributed by atoms with van der Waals surface area (Å²) >= 11 is 5.54.